The normalized spacial score (nSPS) is 19.7. The van der Waals surface area contributed by atoms with Gasteiger partial charge in [-0.05, 0) is 31.4 Å². The minimum absolute atomic E-state index is 0.0782. The zero-order chi connectivity index (χ0) is 14.2. The van der Waals surface area contributed by atoms with Crippen molar-refractivity contribution < 1.29 is 9.84 Å². The van der Waals surface area contributed by atoms with E-state index >= 15 is 0 Å². The Hall–Kier alpha value is -0.900. The molecule has 3 nitrogen and oxygen atoms in total. The van der Waals surface area contributed by atoms with Gasteiger partial charge in [0, 0.05) is 6.04 Å². The number of aliphatic hydroxyl groups is 1. The van der Waals surface area contributed by atoms with Crippen LogP contribution in [0, 0.1) is 5.92 Å². The molecule has 0 saturated heterocycles. The van der Waals surface area contributed by atoms with Crippen molar-refractivity contribution in [2.75, 3.05) is 13.7 Å². The van der Waals surface area contributed by atoms with Crippen LogP contribution in [0.4, 0.5) is 0 Å². The highest BCUT2D eigenvalue weighted by atomic mass is 16.5. The van der Waals surface area contributed by atoms with Crippen molar-refractivity contribution in [3.63, 3.8) is 0 Å². The van der Waals surface area contributed by atoms with Gasteiger partial charge in [0.05, 0.1) is 19.3 Å². The van der Waals surface area contributed by atoms with E-state index < -0.39 is 0 Å². The molecule has 0 spiro atoms. The molecule has 1 aliphatic carbocycles. The van der Waals surface area contributed by atoms with Crippen molar-refractivity contribution in [1.82, 2.24) is 5.32 Å². The zero-order valence-electron chi connectivity index (χ0n) is 12.4. The van der Waals surface area contributed by atoms with Gasteiger partial charge in [0.15, 0.2) is 0 Å². The Kier molecular flexibility index (Phi) is 6.51. The summed E-state index contributed by atoms with van der Waals surface area (Å²) in [5.74, 6) is 0.627. The molecule has 0 bridgehead atoms. The molecule has 1 saturated carbocycles. The molecular formula is C17H27NO2. The van der Waals surface area contributed by atoms with Gasteiger partial charge in [-0.1, -0.05) is 49.6 Å². The van der Waals surface area contributed by atoms with Crippen molar-refractivity contribution in [2.45, 2.75) is 50.9 Å². The van der Waals surface area contributed by atoms with Crippen LogP contribution in [0.2, 0.25) is 0 Å². The van der Waals surface area contributed by atoms with E-state index in [1.54, 1.807) is 0 Å². The molecule has 2 atom stereocenters. The summed E-state index contributed by atoms with van der Waals surface area (Å²) in [7, 11) is 1.98. The Morgan fingerprint density at radius 3 is 2.50 bits per heavy atom. The molecule has 0 aromatic heterocycles. The first-order chi connectivity index (χ1) is 9.85. The third kappa shape index (κ3) is 4.30. The molecule has 2 rings (SSSR count). The van der Waals surface area contributed by atoms with E-state index in [1.165, 1.54) is 32.1 Å². The lowest BCUT2D eigenvalue weighted by Crippen LogP contribution is -2.47. The van der Waals surface area contributed by atoms with Gasteiger partial charge >= 0.3 is 0 Å². The number of aliphatic hydroxyl groups excluding tert-OH is 1. The van der Waals surface area contributed by atoms with E-state index in [-0.39, 0.29) is 18.8 Å². The summed E-state index contributed by atoms with van der Waals surface area (Å²) in [5, 5.41) is 13.0. The number of hydrogen-bond donors (Lipinski definition) is 2. The molecule has 0 radical (unpaired) electrons. The summed E-state index contributed by atoms with van der Waals surface area (Å²) in [4.78, 5) is 0. The second-order valence-electron chi connectivity index (χ2n) is 5.73. The second-order valence-corrected chi connectivity index (χ2v) is 5.73. The summed E-state index contributed by atoms with van der Waals surface area (Å²) >= 11 is 0. The van der Waals surface area contributed by atoms with Gasteiger partial charge in [0.25, 0.3) is 0 Å². The van der Waals surface area contributed by atoms with Crippen molar-refractivity contribution in [1.29, 1.82) is 0 Å². The Bertz CT molecular complexity index is 363. The van der Waals surface area contributed by atoms with Crippen LogP contribution in [-0.2, 0) is 11.3 Å². The molecule has 0 amide bonds. The van der Waals surface area contributed by atoms with Crippen LogP contribution in [0.15, 0.2) is 30.3 Å². The summed E-state index contributed by atoms with van der Waals surface area (Å²) in [6.07, 6.45) is 6.33. The third-order valence-corrected chi connectivity index (χ3v) is 4.38. The maximum absolute atomic E-state index is 9.67. The Balaban J connectivity index is 1.91. The van der Waals surface area contributed by atoms with Crippen LogP contribution in [-0.4, -0.2) is 30.9 Å². The van der Waals surface area contributed by atoms with E-state index in [0.717, 1.165) is 5.56 Å². The maximum atomic E-state index is 9.67. The summed E-state index contributed by atoms with van der Waals surface area (Å²) < 4.78 is 5.97. The monoisotopic (exact) mass is 277 g/mol. The Labute approximate surface area is 122 Å². The van der Waals surface area contributed by atoms with Crippen molar-refractivity contribution in [2.24, 2.45) is 5.92 Å². The van der Waals surface area contributed by atoms with Crippen molar-refractivity contribution >= 4 is 0 Å². The molecule has 1 aromatic rings. The average Bonchev–Trinajstić information content (AvgIpc) is 2.53. The first-order valence-electron chi connectivity index (χ1n) is 7.78. The largest absolute Gasteiger partial charge is 0.394 e. The Morgan fingerprint density at radius 1 is 1.20 bits per heavy atom. The van der Waals surface area contributed by atoms with Crippen LogP contribution in [0.3, 0.4) is 0 Å². The van der Waals surface area contributed by atoms with Crippen LogP contribution >= 0.6 is 0 Å². The van der Waals surface area contributed by atoms with Gasteiger partial charge in [-0.3, -0.25) is 0 Å². The average molecular weight is 277 g/mol. The van der Waals surface area contributed by atoms with Gasteiger partial charge in [0.1, 0.15) is 0 Å². The molecule has 2 N–H and O–H groups in total. The van der Waals surface area contributed by atoms with Crippen molar-refractivity contribution in [3.05, 3.63) is 35.9 Å². The fourth-order valence-corrected chi connectivity index (χ4v) is 3.27. The van der Waals surface area contributed by atoms with E-state index in [2.05, 4.69) is 17.4 Å². The Morgan fingerprint density at radius 2 is 1.90 bits per heavy atom. The number of benzene rings is 1. The first-order valence-corrected chi connectivity index (χ1v) is 7.78. The lowest BCUT2D eigenvalue weighted by molar-refractivity contribution is -0.0345. The SMILES string of the molecule is CN[C@H](C1CCCCC1)[C@H](CO)OCc1ccccc1. The van der Waals surface area contributed by atoms with Gasteiger partial charge in [-0.25, -0.2) is 0 Å². The van der Waals surface area contributed by atoms with E-state index in [0.29, 0.717) is 12.5 Å². The highest BCUT2D eigenvalue weighted by Gasteiger charge is 2.29. The maximum Gasteiger partial charge on any atom is 0.0965 e. The van der Waals surface area contributed by atoms with Gasteiger partial charge in [0.2, 0.25) is 0 Å². The second kappa shape index (κ2) is 8.40. The van der Waals surface area contributed by atoms with Crippen LogP contribution in [0.5, 0.6) is 0 Å². The molecule has 112 valence electrons. The highest BCUT2D eigenvalue weighted by Crippen LogP contribution is 2.28. The molecule has 1 aromatic carbocycles. The smallest absolute Gasteiger partial charge is 0.0965 e. The van der Waals surface area contributed by atoms with Crippen molar-refractivity contribution in [3.8, 4) is 0 Å². The van der Waals surface area contributed by atoms with Gasteiger partial charge < -0.3 is 15.2 Å². The first kappa shape index (κ1) is 15.5. The minimum Gasteiger partial charge on any atom is -0.394 e. The van der Waals surface area contributed by atoms with E-state index in [1.807, 2.05) is 25.2 Å². The predicted molar refractivity (Wildman–Crippen MR) is 81.5 cm³/mol. The number of likely N-dealkylation sites (N-methyl/N-ethyl adjacent to an activating group) is 1. The molecule has 20 heavy (non-hydrogen) atoms. The fourth-order valence-electron chi connectivity index (χ4n) is 3.27. The topological polar surface area (TPSA) is 41.5 Å². The molecule has 1 fully saturated rings. The number of hydrogen-bond acceptors (Lipinski definition) is 3. The summed E-state index contributed by atoms with van der Waals surface area (Å²) in [6, 6.07) is 10.4. The van der Waals surface area contributed by atoms with E-state index in [4.69, 9.17) is 4.74 Å². The molecule has 1 aliphatic rings. The number of ether oxygens (including phenoxy) is 1. The summed E-state index contributed by atoms with van der Waals surface area (Å²) in [5.41, 5.74) is 1.16. The number of nitrogens with one attached hydrogen (secondary N) is 1. The third-order valence-electron chi connectivity index (χ3n) is 4.38. The molecule has 0 heterocycles. The lowest BCUT2D eigenvalue weighted by Gasteiger charge is -2.34. The van der Waals surface area contributed by atoms with E-state index in [9.17, 15) is 5.11 Å². The standard InChI is InChI=1S/C17H27NO2/c1-18-17(15-10-6-3-7-11-15)16(12-19)20-13-14-8-4-2-5-9-14/h2,4-5,8-9,15-19H,3,6-7,10-13H2,1H3/t16-,17+/m0/s1. The quantitative estimate of drug-likeness (QED) is 0.805. The van der Waals surface area contributed by atoms with Crippen LogP contribution in [0.1, 0.15) is 37.7 Å². The number of rotatable bonds is 7. The van der Waals surface area contributed by atoms with Gasteiger partial charge in [-0.15, -0.1) is 0 Å². The molecule has 0 unspecified atom stereocenters. The lowest BCUT2D eigenvalue weighted by atomic mass is 9.82. The molecular weight excluding hydrogens is 250 g/mol. The van der Waals surface area contributed by atoms with Gasteiger partial charge in [-0.2, -0.15) is 0 Å². The molecule has 0 aliphatic heterocycles. The zero-order valence-corrected chi connectivity index (χ0v) is 12.4. The highest BCUT2D eigenvalue weighted by molar-refractivity contribution is 5.13. The summed E-state index contributed by atoms with van der Waals surface area (Å²) in [6.45, 7) is 0.645. The van der Waals surface area contributed by atoms with Crippen LogP contribution < -0.4 is 5.32 Å². The van der Waals surface area contributed by atoms with Crippen LogP contribution in [0.25, 0.3) is 0 Å². The fraction of sp³-hybridized carbons (Fsp3) is 0.647. The predicted octanol–water partition coefficient (Wildman–Crippen LogP) is 2.73. The minimum atomic E-state index is -0.122. The molecule has 3 heteroatoms.